The first kappa shape index (κ1) is 25.7. The maximum absolute atomic E-state index is 15.1. The van der Waals surface area contributed by atoms with Gasteiger partial charge in [0.1, 0.15) is 29.0 Å². The van der Waals surface area contributed by atoms with Gasteiger partial charge in [-0.05, 0) is 31.5 Å². The van der Waals surface area contributed by atoms with E-state index in [0.717, 1.165) is 10.6 Å². The van der Waals surface area contributed by atoms with E-state index in [2.05, 4.69) is 15.4 Å². The van der Waals surface area contributed by atoms with E-state index in [9.17, 15) is 27.9 Å². The van der Waals surface area contributed by atoms with Crippen molar-refractivity contribution in [1.82, 2.24) is 19.3 Å². The third-order valence-electron chi connectivity index (χ3n) is 4.86. The molecule has 188 valence electrons. The molecule has 0 fully saturated rings. The smallest absolute Gasteiger partial charge is 0.422 e. The first-order valence-corrected chi connectivity index (χ1v) is 10.0. The molecular formula is C21H21F4N5O5. The number of amides is 1. The normalized spacial score (nSPS) is 12.4. The monoisotopic (exact) mass is 499 g/mol. The second kappa shape index (κ2) is 9.74. The number of aryl methyl sites for hydroxylation is 1. The van der Waals surface area contributed by atoms with E-state index >= 15 is 4.39 Å². The first-order valence-electron chi connectivity index (χ1n) is 10.0. The highest BCUT2D eigenvalue weighted by Crippen LogP contribution is 2.30. The van der Waals surface area contributed by atoms with Crippen LogP contribution in [0.15, 0.2) is 29.2 Å². The Bertz CT molecular complexity index is 1320. The van der Waals surface area contributed by atoms with Crippen LogP contribution >= 0.6 is 0 Å². The molecular weight excluding hydrogens is 478 g/mol. The number of anilines is 1. The highest BCUT2D eigenvalue weighted by atomic mass is 19.4. The van der Waals surface area contributed by atoms with Gasteiger partial charge in [0.25, 0.3) is 5.91 Å². The van der Waals surface area contributed by atoms with Crippen molar-refractivity contribution in [3.8, 4) is 17.3 Å². The Morgan fingerprint density at radius 3 is 2.57 bits per heavy atom. The second-order valence-corrected chi connectivity index (χ2v) is 7.46. The maximum atomic E-state index is 15.1. The van der Waals surface area contributed by atoms with Crippen molar-refractivity contribution in [3.63, 3.8) is 0 Å². The Morgan fingerprint density at radius 2 is 2.00 bits per heavy atom. The summed E-state index contributed by atoms with van der Waals surface area (Å²) in [5, 5.41) is 16.0. The average molecular weight is 499 g/mol. The van der Waals surface area contributed by atoms with Crippen LogP contribution in [-0.2, 0) is 7.05 Å². The molecule has 1 unspecified atom stereocenters. The Balaban J connectivity index is 2.12. The van der Waals surface area contributed by atoms with Gasteiger partial charge in [-0.3, -0.25) is 9.36 Å². The Morgan fingerprint density at radius 1 is 1.31 bits per heavy atom. The number of rotatable bonds is 7. The Hall–Kier alpha value is -3.94. The highest BCUT2D eigenvalue weighted by Gasteiger charge is 2.30. The lowest BCUT2D eigenvalue weighted by Gasteiger charge is -2.16. The van der Waals surface area contributed by atoms with Crippen LogP contribution in [0.2, 0.25) is 0 Å². The van der Waals surface area contributed by atoms with Gasteiger partial charge in [0.2, 0.25) is 5.88 Å². The molecule has 1 aromatic carbocycles. The second-order valence-electron chi connectivity index (χ2n) is 7.46. The summed E-state index contributed by atoms with van der Waals surface area (Å²) in [6.07, 6.45) is -4.55. The molecule has 2 N–H and O–H groups in total. The molecule has 2 heterocycles. The molecule has 0 radical (unpaired) electrons. The number of benzene rings is 1. The number of hydrogen-bond acceptors (Lipinski definition) is 7. The number of aromatic nitrogens is 4. The van der Waals surface area contributed by atoms with E-state index < -0.39 is 53.3 Å². The zero-order chi connectivity index (χ0) is 26.1. The number of hydrogen-bond donors (Lipinski definition) is 2. The fourth-order valence-electron chi connectivity index (χ4n) is 3.16. The fraction of sp³-hybridized carbons (Fsp3) is 0.333. The van der Waals surface area contributed by atoms with Crippen molar-refractivity contribution in [2.45, 2.75) is 26.1 Å². The Kier molecular flexibility index (Phi) is 7.14. The molecule has 35 heavy (non-hydrogen) atoms. The summed E-state index contributed by atoms with van der Waals surface area (Å²) in [7, 11) is 2.58. The lowest BCUT2D eigenvalue weighted by molar-refractivity contribution is -0.153. The van der Waals surface area contributed by atoms with Crippen molar-refractivity contribution >= 4 is 11.6 Å². The number of methoxy groups -OCH3 is 1. The van der Waals surface area contributed by atoms with Crippen LogP contribution in [0.1, 0.15) is 34.8 Å². The molecule has 2 aromatic heterocycles. The first-order chi connectivity index (χ1) is 16.3. The molecule has 1 atom stereocenters. The van der Waals surface area contributed by atoms with Gasteiger partial charge in [0, 0.05) is 19.3 Å². The van der Waals surface area contributed by atoms with Crippen LogP contribution in [0.3, 0.4) is 0 Å². The molecule has 0 bridgehead atoms. The zero-order valence-corrected chi connectivity index (χ0v) is 19.0. The molecule has 1 amide bonds. The van der Waals surface area contributed by atoms with Crippen LogP contribution in [0.5, 0.6) is 11.6 Å². The van der Waals surface area contributed by atoms with Gasteiger partial charge in [-0.1, -0.05) is 0 Å². The molecule has 0 saturated carbocycles. The molecule has 10 nitrogen and oxygen atoms in total. The number of halogens is 4. The molecule has 0 aliphatic carbocycles. The number of nitrogens with one attached hydrogen (secondary N) is 1. The van der Waals surface area contributed by atoms with Crippen LogP contribution in [-0.4, -0.2) is 50.2 Å². The van der Waals surface area contributed by atoms with E-state index in [1.54, 1.807) is 13.0 Å². The van der Waals surface area contributed by atoms with Crippen LogP contribution < -0.4 is 20.5 Å². The van der Waals surface area contributed by atoms with E-state index in [4.69, 9.17) is 9.47 Å². The van der Waals surface area contributed by atoms with Gasteiger partial charge in [-0.15, -0.1) is 5.10 Å². The summed E-state index contributed by atoms with van der Waals surface area (Å²) in [5.41, 5.74) is -1.41. The zero-order valence-electron chi connectivity index (χ0n) is 19.0. The fourth-order valence-corrected chi connectivity index (χ4v) is 3.16. The maximum Gasteiger partial charge on any atom is 0.422 e. The van der Waals surface area contributed by atoms with Crippen LogP contribution in [0.4, 0.5) is 23.2 Å². The standard InChI is InChI=1S/C21H21F4N5O5/c1-10-5-6-26-19(34-4)16(10)27-18(32)12-7-13(22)14(8-15(12)35-9-21(23,24)25)30-20(33)29(3)17(28-30)11(2)31/h5-8,11,31H,9H2,1-4H3,(H,27,32). The van der Waals surface area contributed by atoms with Crippen molar-refractivity contribution in [1.29, 1.82) is 0 Å². The van der Waals surface area contributed by atoms with Gasteiger partial charge in [0.15, 0.2) is 12.4 Å². The van der Waals surface area contributed by atoms with E-state index in [-0.39, 0.29) is 17.4 Å². The molecule has 3 aromatic rings. The molecule has 0 spiro atoms. The lowest BCUT2D eigenvalue weighted by Crippen LogP contribution is -2.25. The van der Waals surface area contributed by atoms with Crippen molar-refractivity contribution < 1.29 is 36.9 Å². The summed E-state index contributed by atoms with van der Waals surface area (Å²) in [4.78, 5) is 29.4. The average Bonchev–Trinajstić information content (AvgIpc) is 3.08. The minimum absolute atomic E-state index is 0.0268. The number of ether oxygens (including phenoxy) is 2. The molecule has 0 aliphatic rings. The summed E-state index contributed by atoms with van der Waals surface area (Å²) in [5.74, 6) is -2.92. The SMILES string of the molecule is COc1nccc(C)c1NC(=O)c1cc(F)c(-n2nc(C(C)O)n(C)c2=O)cc1OCC(F)(F)F. The Labute approximate surface area is 195 Å². The van der Waals surface area contributed by atoms with Gasteiger partial charge in [-0.2, -0.15) is 17.9 Å². The van der Waals surface area contributed by atoms with E-state index in [1.807, 2.05) is 0 Å². The van der Waals surface area contributed by atoms with Gasteiger partial charge in [-0.25, -0.2) is 14.2 Å². The minimum atomic E-state index is -4.77. The van der Waals surface area contributed by atoms with Crippen molar-refractivity contribution in [2.24, 2.45) is 7.05 Å². The topological polar surface area (TPSA) is 120 Å². The number of aliphatic hydroxyl groups excluding tert-OH is 1. The number of carbonyl (C=O) groups is 1. The van der Waals surface area contributed by atoms with E-state index in [0.29, 0.717) is 16.3 Å². The highest BCUT2D eigenvalue weighted by molar-refractivity contribution is 6.07. The molecule has 0 aliphatic heterocycles. The van der Waals surface area contributed by atoms with Gasteiger partial charge < -0.3 is 19.9 Å². The summed E-state index contributed by atoms with van der Waals surface area (Å²) in [6, 6.07) is 2.93. The van der Waals surface area contributed by atoms with Crippen molar-refractivity contribution in [2.75, 3.05) is 19.0 Å². The number of nitrogens with zero attached hydrogens (tertiary/aromatic N) is 4. The van der Waals surface area contributed by atoms with E-state index in [1.165, 1.54) is 27.3 Å². The van der Waals surface area contributed by atoms with Crippen molar-refractivity contribution in [3.05, 3.63) is 57.6 Å². The minimum Gasteiger partial charge on any atom is -0.483 e. The number of pyridine rings is 1. The summed E-state index contributed by atoms with van der Waals surface area (Å²) in [6.45, 7) is 1.16. The third kappa shape index (κ3) is 5.42. The molecule has 0 saturated heterocycles. The number of carbonyl (C=O) groups excluding carboxylic acids is 1. The summed E-state index contributed by atoms with van der Waals surface area (Å²) >= 11 is 0. The quantitative estimate of drug-likeness (QED) is 0.480. The largest absolute Gasteiger partial charge is 0.483 e. The molecule has 3 rings (SSSR count). The van der Waals surface area contributed by atoms with Gasteiger partial charge in [0.05, 0.1) is 12.7 Å². The van der Waals surface area contributed by atoms with Gasteiger partial charge >= 0.3 is 11.9 Å². The predicted molar refractivity (Wildman–Crippen MR) is 114 cm³/mol. The number of alkyl halides is 3. The number of aliphatic hydroxyl groups is 1. The van der Waals surface area contributed by atoms with Crippen LogP contribution in [0, 0.1) is 12.7 Å². The van der Waals surface area contributed by atoms with Crippen LogP contribution in [0.25, 0.3) is 5.69 Å². The lowest BCUT2D eigenvalue weighted by atomic mass is 10.1. The third-order valence-corrected chi connectivity index (χ3v) is 4.86. The summed E-state index contributed by atoms with van der Waals surface area (Å²) < 4.78 is 65.0. The molecule has 14 heteroatoms. The predicted octanol–water partition coefficient (Wildman–Crippen LogP) is 2.67.